The van der Waals surface area contributed by atoms with Crippen molar-refractivity contribution in [1.29, 1.82) is 0 Å². The van der Waals surface area contributed by atoms with Crippen LogP contribution in [0.2, 0.25) is 0 Å². The van der Waals surface area contributed by atoms with E-state index in [0.29, 0.717) is 24.1 Å². The summed E-state index contributed by atoms with van der Waals surface area (Å²) in [6.07, 6.45) is -0.223. The first-order chi connectivity index (χ1) is 14.1. The summed E-state index contributed by atoms with van der Waals surface area (Å²) in [5, 5.41) is 15.3. The van der Waals surface area contributed by atoms with E-state index in [-0.39, 0.29) is 17.8 Å². The fourth-order valence-electron chi connectivity index (χ4n) is 3.04. The maximum atomic E-state index is 12.3. The largest absolute Gasteiger partial charge is 0.486 e. The molecule has 0 saturated heterocycles. The van der Waals surface area contributed by atoms with Crippen molar-refractivity contribution >= 4 is 17.7 Å². The highest BCUT2D eigenvalue weighted by Crippen LogP contribution is 2.30. The number of aryl methyl sites for hydroxylation is 2. The number of amides is 1. The van der Waals surface area contributed by atoms with Gasteiger partial charge in [0.15, 0.2) is 11.5 Å². The first-order valence-electron chi connectivity index (χ1n) is 9.24. The molecule has 1 aromatic heterocycles. The fraction of sp³-hybridized carbons (Fsp3) is 0.300. The summed E-state index contributed by atoms with van der Waals surface area (Å²) in [7, 11) is 0. The van der Waals surface area contributed by atoms with E-state index in [9.17, 15) is 4.79 Å². The smallest absolute Gasteiger partial charge is 0.230 e. The predicted octanol–water partition coefficient (Wildman–Crippen LogP) is 2.33. The molecular weight excluding hydrogens is 390 g/mol. The Hall–Kier alpha value is -3.07. The van der Waals surface area contributed by atoms with Gasteiger partial charge in [0, 0.05) is 0 Å². The standard InChI is InChI=1S/C20H21N5O3S/c1-13-7-8-16(14(2)9-13)25-20(22-23-24-25)29-12-19(26)21-10-15-11-27-17-5-3-4-6-18(17)28-15/h3-9,15H,10-12H2,1-2H3,(H,21,26). The van der Waals surface area contributed by atoms with Crippen LogP contribution in [0.15, 0.2) is 47.6 Å². The van der Waals surface area contributed by atoms with Gasteiger partial charge in [-0.2, -0.15) is 4.68 Å². The van der Waals surface area contributed by atoms with Crippen molar-refractivity contribution < 1.29 is 14.3 Å². The van der Waals surface area contributed by atoms with Gasteiger partial charge in [-0.25, -0.2) is 0 Å². The number of carbonyl (C=O) groups excluding carboxylic acids is 1. The van der Waals surface area contributed by atoms with Gasteiger partial charge in [0.2, 0.25) is 11.1 Å². The summed E-state index contributed by atoms with van der Waals surface area (Å²) in [4.78, 5) is 12.3. The van der Waals surface area contributed by atoms with Gasteiger partial charge in [-0.15, -0.1) is 5.10 Å². The first-order valence-corrected chi connectivity index (χ1v) is 10.2. The van der Waals surface area contributed by atoms with Gasteiger partial charge >= 0.3 is 0 Å². The second-order valence-electron chi connectivity index (χ2n) is 6.75. The lowest BCUT2D eigenvalue weighted by Gasteiger charge is -2.26. The summed E-state index contributed by atoms with van der Waals surface area (Å²) in [5.74, 6) is 1.51. The first kappa shape index (κ1) is 19.3. The molecule has 1 atom stereocenters. The zero-order valence-corrected chi connectivity index (χ0v) is 17.0. The van der Waals surface area contributed by atoms with Gasteiger partial charge in [0.25, 0.3) is 0 Å². The van der Waals surface area contributed by atoms with Crippen LogP contribution in [0.4, 0.5) is 0 Å². The van der Waals surface area contributed by atoms with Crippen LogP contribution < -0.4 is 14.8 Å². The molecule has 0 spiro atoms. The van der Waals surface area contributed by atoms with Crippen molar-refractivity contribution in [3.05, 3.63) is 53.6 Å². The van der Waals surface area contributed by atoms with E-state index in [0.717, 1.165) is 17.0 Å². The molecule has 9 heteroatoms. The average molecular weight is 411 g/mol. The Labute approximate surface area is 172 Å². The van der Waals surface area contributed by atoms with Gasteiger partial charge < -0.3 is 14.8 Å². The number of para-hydroxylation sites is 2. The number of tetrazole rings is 1. The number of hydrogen-bond donors (Lipinski definition) is 1. The van der Waals surface area contributed by atoms with Crippen LogP contribution in [-0.4, -0.2) is 51.1 Å². The summed E-state index contributed by atoms with van der Waals surface area (Å²) >= 11 is 1.29. The molecule has 0 aliphatic carbocycles. The van der Waals surface area contributed by atoms with E-state index >= 15 is 0 Å². The van der Waals surface area contributed by atoms with E-state index < -0.39 is 0 Å². The Balaban J connectivity index is 1.30. The molecule has 8 nitrogen and oxygen atoms in total. The predicted molar refractivity (Wildman–Crippen MR) is 109 cm³/mol. The van der Waals surface area contributed by atoms with Gasteiger partial charge in [-0.3, -0.25) is 4.79 Å². The normalized spacial score (nSPS) is 15.2. The van der Waals surface area contributed by atoms with Crippen LogP contribution in [0.1, 0.15) is 11.1 Å². The third kappa shape index (κ3) is 4.51. The fourth-order valence-corrected chi connectivity index (χ4v) is 3.75. The molecule has 29 heavy (non-hydrogen) atoms. The highest BCUT2D eigenvalue weighted by Gasteiger charge is 2.21. The van der Waals surface area contributed by atoms with Crippen molar-refractivity contribution in [2.75, 3.05) is 18.9 Å². The van der Waals surface area contributed by atoms with Crippen LogP contribution in [0, 0.1) is 13.8 Å². The minimum absolute atomic E-state index is 0.118. The van der Waals surface area contributed by atoms with Gasteiger partial charge in [-0.1, -0.05) is 41.6 Å². The second kappa shape index (κ2) is 8.52. The maximum Gasteiger partial charge on any atom is 0.230 e. The number of nitrogens with one attached hydrogen (secondary N) is 1. The molecule has 1 amide bonds. The van der Waals surface area contributed by atoms with Crippen LogP contribution in [0.3, 0.4) is 0 Å². The SMILES string of the molecule is Cc1ccc(-n2nnnc2SCC(=O)NCC2COc3ccccc3O2)c(C)c1. The number of hydrogen-bond acceptors (Lipinski definition) is 7. The number of carbonyl (C=O) groups is 1. The molecule has 4 rings (SSSR count). The zero-order valence-electron chi connectivity index (χ0n) is 16.2. The van der Waals surface area contributed by atoms with E-state index in [1.165, 1.54) is 17.3 Å². The van der Waals surface area contributed by atoms with E-state index in [4.69, 9.17) is 9.47 Å². The molecule has 2 heterocycles. The van der Waals surface area contributed by atoms with Crippen LogP contribution >= 0.6 is 11.8 Å². The minimum atomic E-state index is -0.223. The van der Waals surface area contributed by atoms with Gasteiger partial charge in [0.1, 0.15) is 12.7 Å². The van der Waals surface area contributed by atoms with Crippen LogP contribution in [0.25, 0.3) is 5.69 Å². The summed E-state index contributed by atoms with van der Waals surface area (Å²) in [6, 6.07) is 13.6. The lowest BCUT2D eigenvalue weighted by molar-refractivity contribution is -0.119. The molecule has 2 aromatic carbocycles. The molecule has 0 bridgehead atoms. The minimum Gasteiger partial charge on any atom is -0.486 e. The number of aromatic nitrogens is 4. The average Bonchev–Trinajstić information content (AvgIpc) is 3.19. The van der Waals surface area contributed by atoms with Gasteiger partial charge in [-0.05, 0) is 48.0 Å². The lowest BCUT2D eigenvalue weighted by atomic mass is 10.1. The van der Waals surface area contributed by atoms with Crippen molar-refractivity contribution in [3.63, 3.8) is 0 Å². The van der Waals surface area contributed by atoms with Crippen molar-refractivity contribution in [1.82, 2.24) is 25.5 Å². The van der Waals surface area contributed by atoms with Crippen LogP contribution in [0.5, 0.6) is 11.5 Å². The summed E-state index contributed by atoms with van der Waals surface area (Å²) < 4.78 is 13.2. The number of ether oxygens (including phenoxy) is 2. The maximum absolute atomic E-state index is 12.3. The van der Waals surface area contributed by atoms with Crippen molar-refractivity contribution in [2.24, 2.45) is 0 Å². The number of fused-ring (bicyclic) bond motifs is 1. The van der Waals surface area contributed by atoms with E-state index in [1.54, 1.807) is 4.68 Å². The third-order valence-corrected chi connectivity index (χ3v) is 5.37. The molecular formula is C20H21N5O3S. The molecule has 0 fully saturated rings. The van der Waals surface area contributed by atoms with Crippen LogP contribution in [-0.2, 0) is 4.79 Å². The molecule has 0 saturated carbocycles. The summed E-state index contributed by atoms with van der Waals surface area (Å²) in [5.41, 5.74) is 3.14. The molecule has 1 aliphatic heterocycles. The number of nitrogens with zero attached hydrogens (tertiary/aromatic N) is 4. The summed E-state index contributed by atoms with van der Waals surface area (Å²) in [6.45, 7) is 4.82. The Kier molecular flexibility index (Phi) is 5.66. The van der Waals surface area contributed by atoms with Crippen molar-refractivity contribution in [2.45, 2.75) is 25.1 Å². The quantitative estimate of drug-likeness (QED) is 0.623. The molecule has 1 N–H and O–H groups in total. The Morgan fingerprint density at radius 3 is 2.90 bits per heavy atom. The molecule has 1 unspecified atom stereocenters. The monoisotopic (exact) mass is 411 g/mol. The highest BCUT2D eigenvalue weighted by atomic mass is 32.2. The third-order valence-electron chi connectivity index (χ3n) is 4.45. The second-order valence-corrected chi connectivity index (χ2v) is 7.70. The van der Waals surface area contributed by atoms with Gasteiger partial charge in [0.05, 0.1) is 18.0 Å². The number of benzene rings is 2. The number of thioether (sulfide) groups is 1. The lowest BCUT2D eigenvalue weighted by Crippen LogP contribution is -2.41. The van der Waals surface area contributed by atoms with E-state index in [2.05, 4.69) is 26.9 Å². The molecule has 0 radical (unpaired) electrons. The zero-order chi connectivity index (χ0) is 20.2. The topological polar surface area (TPSA) is 91.2 Å². The molecule has 150 valence electrons. The Morgan fingerprint density at radius 2 is 2.07 bits per heavy atom. The molecule has 1 aliphatic rings. The Morgan fingerprint density at radius 1 is 1.24 bits per heavy atom. The highest BCUT2D eigenvalue weighted by molar-refractivity contribution is 7.99. The Bertz CT molecular complexity index is 1020. The van der Waals surface area contributed by atoms with Crippen molar-refractivity contribution in [3.8, 4) is 17.2 Å². The van der Waals surface area contributed by atoms with E-state index in [1.807, 2.05) is 50.2 Å². The molecule has 3 aromatic rings. The number of rotatable bonds is 6.